The Morgan fingerprint density at radius 2 is 0.345 bits per heavy atom. The van der Waals surface area contributed by atoms with Crippen LogP contribution in [0.25, 0.3) is 255 Å². The number of hydrogen-bond acceptors (Lipinski definition) is 5. The van der Waals surface area contributed by atoms with Crippen molar-refractivity contribution in [2.24, 2.45) is 0 Å². The normalized spacial score (nSPS) is 11.7. The summed E-state index contributed by atoms with van der Waals surface area (Å²) < 4.78 is 13.9. The van der Waals surface area contributed by atoms with E-state index in [0.29, 0.717) is 23.5 Å². The van der Waals surface area contributed by atoms with E-state index in [2.05, 4.69) is 470 Å². The molecule has 0 fully saturated rings. The molecular formula is C131H85N11. The molecule has 0 unspecified atom stereocenters. The van der Waals surface area contributed by atoms with Gasteiger partial charge in [-0.1, -0.05) is 352 Å². The van der Waals surface area contributed by atoms with Crippen LogP contribution in [0.2, 0.25) is 0 Å². The highest BCUT2D eigenvalue weighted by Gasteiger charge is 2.25. The number of nitrogens with zero attached hydrogens (tertiary/aromatic N) is 11. The van der Waals surface area contributed by atoms with Gasteiger partial charge in [0.1, 0.15) is 0 Å². The molecule has 0 aliphatic carbocycles. The fourth-order valence-corrected chi connectivity index (χ4v) is 21.5. The zero-order chi connectivity index (χ0) is 93.7. The standard InChI is InChI=1S/C50H32N4.C45H29N5.C36H24N2/c1-3-14-33(15-4-1)35-18-13-19-38(30-35)53-45-24-11-8-20-39(45)42-31-36(26-28-47(42)53)37-27-29-48-43(32-37)40-21-9-12-25-46(40)54(48)50-51-44-23-10-7-22-41(44)49(52-50)34-16-5-2-6-17-34;1-4-14-30(15-5-1)43-46-44(31-16-6-2-7-17-31)48-45(47-43)50-40-23-13-11-21-36(40)38-29-33(25-27-42(38)50)32-24-26-41-37(28-32)35-20-10-12-22-39(35)49(41)34-18-8-3-9-19-34;1-3-11-27(12-4-1)37-33-17-9-7-15-29(33)31-23-25(19-21-35(31)37)26-20-22-36-32(24-26)30-16-8-10-18-34(30)38(36)28-13-5-2-6-14-28/h1-32H;1-29H;1-24H. The van der Waals surface area contributed by atoms with Crippen molar-refractivity contribution in [1.29, 1.82) is 0 Å². The molecule has 0 saturated heterocycles. The van der Waals surface area contributed by atoms with Crippen molar-refractivity contribution in [2.45, 2.75) is 0 Å². The second-order valence-electron chi connectivity index (χ2n) is 36.2. The van der Waals surface area contributed by atoms with Crippen LogP contribution in [0.3, 0.4) is 0 Å². The van der Waals surface area contributed by atoms with Crippen LogP contribution in [0.1, 0.15) is 0 Å². The third-order valence-electron chi connectivity index (χ3n) is 28.0. The Labute approximate surface area is 817 Å². The predicted molar refractivity (Wildman–Crippen MR) is 590 cm³/mol. The molecule has 0 spiro atoms. The van der Waals surface area contributed by atoms with E-state index in [1.165, 1.54) is 148 Å². The maximum absolute atomic E-state index is 5.26. The molecule has 11 heteroatoms. The smallest absolute Gasteiger partial charge is 0.238 e. The minimum Gasteiger partial charge on any atom is -0.309 e. The molecule has 0 N–H and O–H groups in total. The number of hydrogen-bond donors (Lipinski definition) is 0. The molecule has 0 aliphatic rings. The lowest BCUT2D eigenvalue weighted by Crippen LogP contribution is -2.06. The fraction of sp³-hybridized carbons (Fsp3) is 0. The van der Waals surface area contributed by atoms with E-state index in [0.717, 1.165) is 83.1 Å². The van der Waals surface area contributed by atoms with Gasteiger partial charge in [0.15, 0.2) is 11.6 Å². The van der Waals surface area contributed by atoms with E-state index in [1.807, 2.05) is 72.8 Å². The van der Waals surface area contributed by atoms with E-state index < -0.39 is 0 Å². The van der Waals surface area contributed by atoms with Crippen molar-refractivity contribution in [3.63, 3.8) is 0 Å². The van der Waals surface area contributed by atoms with Crippen molar-refractivity contribution < 1.29 is 0 Å². The lowest BCUT2D eigenvalue weighted by Gasteiger charge is -2.12. The maximum atomic E-state index is 5.26. The first kappa shape index (κ1) is 82.3. The molecule has 0 amide bonds. The van der Waals surface area contributed by atoms with Gasteiger partial charge < -0.3 is 18.3 Å². The molecule has 0 aliphatic heterocycles. The number of rotatable bonds is 13. The maximum Gasteiger partial charge on any atom is 0.238 e. The quantitative estimate of drug-likeness (QED) is 0.115. The summed E-state index contributed by atoms with van der Waals surface area (Å²) in [5.41, 5.74) is 32.9. The molecule has 8 aromatic heterocycles. The van der Waals surface area contributed by atoms with Crippen LogP contribution in [-0.2, 0) is 0 Å². The van der Waals surface area contributed by atoms with Gasteiger partial charge in [-0.3, -0.25) is 9.13 Å². The van der Waals surface area contributed by atoms with E-state index in [1.54, 1.807) is 0 Å². The minimum atomic E-state index is 0.590. The molecule has 29 rings (SSSR count). The van der Waals surface area contributed by atoms with Crippen LogP contribution in [0, 0.1) is 0 Å². The van der Waals surface area contributed by atoms with Crippen LogP contribution < -0.4 is 0 Å². The summed E-state index contributed by atoms with van der Waals surface area (Å²) in [4.78, 5) is 25.5. The van der Waals surface area contributed by atoms with Crippen LogP contribution in [0.4, 0.5) is 0 Å². The number of fused-ring (bicyclic) bond motifs is 19. The summed E-state index contributed by atoms with van der Waals surface area (Å²) in [6.07, 6.45) is 0. The summed E-state index contributed by atoms with van der Waals surface area (Å²) in [5.74, 6) is 2.53. The summed E-state index contributed by atoms with van der Waals surface area (Å²) in [6, 6.07) is 183. The Hall–Kier alpha value is -19.2. The number of benzene rings is 21. The third kappa shape index (κ3) is 14.2. The molecule has 29 aromatic rings. The van der Waals surface area contributed by atoms with Crippen molar-refractivity contribution in [2.75, 3.05) is 0 Å². The number of aromatic nitrogens is 11. The van der Waals surface area contributed by atoms with Gasteiger partial charge in [0, 0.05) is 109 Å². The minimum absolute atomic E-state index is 0.590. The molecule has 8 heterocycles. The largest absolute Gasteiger partial charge is 0.309 e. The molecule has 21 aromatic carbocycles. The second-order valence-corrected chi connectivity index (χ2v) is 36.2. The lowest BCUT2D eigenvalue weighted by molar-refractivity contribution is 0.953. The Morgan fingerprint density at radius 1 is 0.120 bits per heavy atom. The molecule has 0 radical (unpaired) electrons. The Kier molecular flexibility index (Phi) is 20.0. The Balaban J connectivity index is 0.000000108. The van der Waals surface area contributed by atoms with Gasteiger partial charge in [0.25, 0.3) is 0 Å². The van der Waals surface area contributed by atoms with Gasteiger partial charge >= 0.3 is 0 Å². The van der Waals surface area contributed by atoms with E-state index in [-0.39, 0.29) is 0 Å². The third-order valence-corrected chi connectivity index (χ3v) is 28.0. The van der Waals surface area contributed by atoms with Crippen molar-refractivity contribution >= 4 is 142 Å². The van der Waals surface area contributed by atoms with Gasteiger partial charge in [-0.2, -0.15) is 9.97 Å². The predicted octanol–water partition coefficient (Wildman–Crippen LogP) is 33.4. The topological polar surface area (TPSA) is 94.0 Å². The highest BCUT2D eigenvalue weighted by Crippen LogP contribution is 2.45. The van der Waals surface area contributed by atoms with Gasteiger partial charge in [0.2, 0.25) is 11.9 Å². The van der Waals surface area contributed by atoms with Gasteiger partial charge in [0.05, 0.1) is 77.4 Å². The molecule has 11 nitrogen and oxygen atoms in total. The summed E-state index contributed by atoms with van der Waals surface area (Å²) in [6.45, 7) is 0. The average Bonchev–Trinajstić information content (AvgIpc) is 1.58. The zero-order valence-electron chi connectivity index (χ0n) is 77.0. The number of para-hydroxylation sites is 10. The van der Waals surface area contributed by atoms with E-state index >= 15 is 0 Å². The first-order valence-electron chi connectivity index (χ1n) is 48.2. The van der Waals surface area contributed by atoms with Crippen LogP contribution >= 0.6 is 0 Å². The first-order valence-corrected chi connectivity index (χ1v) is 48.2. The fourth-order valence-electron chi connectivity index (χ4n) is 21.5. The van der Waals surface area contributed by atoms with E-state index in [4.69, 9.17) is 24.9 Å². The van der Waals surface area contributed by atoms with Gasteiger partial charge in [-0.15, -0.1) is 0 Å². The molecule has 664 valence electrons. The van der Waals surface area contributed by atoms with Crippen molar-refractivity contribution in [3.8, 4) is 113 Å². The molecule has 0 saturated carbocycles. The highest BCUT2D eigenvalue weighted by molar-refractivity contribution is 6.17. The lowest BCUT2D eigenvalue weighted by atomic mass is 10.0. The Bertz CT molecular complexity index is 9760. The molecule has 0 atom stereocenters. The molecule has 0 bridgehead atoms. The van der Waals surface area contributed by atoms with Crippen LogP contribution in [0.15, 0.2) is 516 Å². The van der Waals surface area contributed by atoms with Gasteiger partial charge in [-0.25, -0.2) is 15.0 Å². The summed E-state index contributed by atoms with van der Waals surface area (Å²) >= 11 is 0. The average molecular weight is 1810 g/mol. The SMILES string of the molecule is c1ccc(-c2cccc(-n3c4ccccc4c4cc(-c5ccc6c(c5)c5ccccc5n6-c5nc(-c6ccccc6)c6ccccc6n5)ccc43)c2)cc1.c1ccc(-c2nc(-c3ccccc3)nc(-n3c4ccccc4c4cc(-c5ccc6c(c5)c5ccccc5n6-c5ccccc5)ccc43)n2)cc1.c1ccc(-n2c3ccccc3c3cc(-c4ccc5c(c4)c4ccccc4n5-c4ccccc4)ccc32)cc1. The van der Waals surface area contributed by atoms with Crippen molar-refractivity contribution in [3.05, 3.63) is 516 Å². The molecular weight excluding hydrogens is 1730 g/mol. The van der Waals surface area contributed by atoms with Crippen LogP contribution in [-0.4, -0.2) is 52.3 Å². The molecule has 142 heavy (non-hydrogen) atoms. The van der Waals surface area contributed by atoms with Crippen LogP contribution in [0.5, 0.6) is 0 Å². The zero-order valence-corrected chi connectivity index (χ0v) is 77.0. The highest BCUT2D eigenvalue weighted by atomic mass is 15.2. The summed E-state index contributed by atoms with van der Waals surface area (Å²) in [7, 11) is 0. The van der Waals surface area contributed by atoms with Gasteiger partial charge in [-0.05, 0) is 208 Å². The second kappa shape index (κ2) is 34.5. The van der Waals surface area contributed by atoms with E-state index in [9.17, 15) is 0 Å². The summed E-state index contributed by atoms with van der Waals surface area (Å²) in [5, 5.41) is 15.7. The Morgan fingerprint density at radius 3 is 0.676 bits per heavy atom. The first-order chi connectivity index (χ1) is 70.4. The van der Waals surface area contributed by atoms with Crippen molar-refractivity contribution in [1.82, 2.24) is 52.3 Å². The monoisotopic (exact) mass is 1810 g/mol.